The Morgan fingerprint density at radius 3 is 2.79 bits per heavy atom. The molecule has 2 aromatic heterocycles. The summed E-state index contributed by atoms with van der Waals surface area (Å²) in [4.78, 5) is 0.0353. The van der Waals surface area contributed by atoms with Gasteiger partial charge in [0.25, 0.3) is 10.0 Å². The van der Waals surface area contributed by atoms with Crippen LogP contribution in [0.3, 0.4) is 0 Å². The average Bonchev–Trinajstić information content (AvgIpc) is 2.93. The highest BCUT2D eigenvalue weighted by Gasteiger charge is 2.26. The number of aromatic nitrogens is 3. The van der Waals surface area contributed by atoms with E-state index in [9.17, 15) is 8.42 Å². The number of nitriles is 1. The minimum Gasteiger partial charge on any atom is -0.285 e. The van der Waals surface area contributed by atoms with Crippen LogP contribution >= 0.6 is 11.6 Å². The number of anilines is 1. The lowest BCUT2D eigenvalue weighted by molar-refractivity contribution is 0.592. The fourth-order valence-electron chi connectivity index (χ4n) is 2.28. The molecule has 24 heavy (non-hydrogen) atoms. The molecule has 9 heteroatoms. The van der Waals surface area contributed by atoms with E-state index in [1.165, 1.54) is 18.3 Å². The zero-order valence-corrected chi connectivity index (χ0v) is 14.2. The van der Waals surface area contributed by atoms with Crippen LogP contribution < -0.4 is 4.31 Å². The summed E-state index contributed by atoms with van der Waals surface area (Å²) in [6.07, 6.45) is 1.44. The maximum atomic E-state index is 13.0. The van der Waals surface area contributed by atoms with E-state index >= 15 is 0 Å². The van der Waals surface area contributed by atoms with Crippen LogP contribution in [0.1, 0.15) is 5.82 Å². The molecular weight excluding hydrogens is 350 g/mol. The zero-order chi connectivity index (χ0) is 17.3. The number of hydrogen-bond donors (Lipinski definition) is 0. The lowest BCUT2D eigenvalue weighted by atomic mass is 10.3. The molecule has 7 nitrogen and oxygen atoms in total. The second kappa shape index (κ2) is 6.11. The Balaban J connectivity index is 2.14. The molecular formula is C15H12ClN5O2S. The first-order chi connectivity index (χ1) is 11.4. The minimum absolute atomic E-state index is 0.0353. The third-order valence-electron chi connectivity index (χ3n) is 3.44. The predicted octanol–water partition coefficient (Wildman–Crippen LogP) is 2.41. The Hall–Kier alpha value is -2.63. The van der Waals surface area contributed by atoms with E-state index in [2.05, 4.69) is 10.2 Å². The number of nitrogens with zero attached hydrogens (tertiary/aromatic N) is 5. The van der Waals surface area contributed by atoms with E-state index in [0.717, 1.165) is 4.31 Å². The highest BCUT2D eigenvalue weighted by atomic mass is 35.5. The normalized spacial score (nSPS) is 11.4. The molecule has 0 atom stereocenters. The summed E-state index contributed by atoms with van der Waals surface area (Å²) in [6, 6.07) is 11.2. The highest BCUT2D eigenvalue weighted by Crippen LogP contribution is 2.26. The van der Waals surface area contributed by atoms with Crippen molar-refractivity contribution in [3.05, 3.63) is 53.4 Å². The Morgan fingerprint density at radius 2 is 2.08 bits per heavy atom. The molecule has 0 radical (unpaired) electrons. The molecule has 0 spiro atoms. The first kappa shape index (κ1) is 16.2. The lowest BCUT2D eigenvalue weighted by Gasteiger charge is -2.21. The van der Waals surface area contributed by atoms with Gasteiger partial charge in [-0.05, 0) is 37.3 Å². The summed E-state index contributed by atoms with van der Waals surface area (Å²) in [7, 11) is -3.94. The number of hydrogen-bond acceptors (Lipinski definition) is 5. The van der Waals surface area contributed by atoms with Crippen molar-refractivity contribution in [2.45, 2.75) is 11.8 Å². The van der Waals surface area contributed by atoms with Gasteiger partial charge in [-0.15, -0.1) is 10.2 Å². The van der Waals surface area contributed by atoms with E-state index < -0.39 is 10.0 Å². The van der Waals surface area contributed by atoms with Crippen LogP contribution in [0.15, 0.2) is 47.5 Å². The fourth-order valence-corrected chi connectivity index (χ4v) is 3.81. The first-order valence-corrected chi connectivity index (χ1v) is 8.72. The van der Waals surface area contributed by atoms with E-state index in [-0.39, 0.29) is 11.4 Å². The molecule has 0 saturated carbocycles. The van der Waals surface area contributed by atoms with E-state index in [4.69, 9.17) is 16.9 Å². The SMILES string of the molecule is Cc1nnc2ccc(S(=O)(=O)N(CC#N)c3cccc(Cl)c3)cn12. The molecule has 0 aliphatic heterocycles. The summed E-state index contributed by atoms with van der Waals surface area (Å²) in [6.45, 7) is 1.39. The Kier molecular flexibility index (Phi) is 4.13. The molecule has 1 aromatic carbocycles. The fraction of sp³-hybridized carbons (Fsp3) is 0.133. The number of pyridine rings is 1. The van der Waals surface area contributed by atoms with Crippen molar-refractivity contribution in [2.24, 2.45) is 0 Å². The summed E-state index contributed by atoms with van der Waals surface area (Å²) < 4.78 is 28.6. The van der Waals surface area contributed by atoms with Gasteiger partial charge in [0.15, 0.2) is 5.65 Å². The van der Waals surface area contributed by atoms with Crippen LogP contribution in [0.4, 0.5) is 5.69 Å². The molecule has 0 aliphatic rings. The number of halogens is 1. The molecule has 0 N–H and O–H groups in total. The number of fused-ring (bicyclic) bond motifs is 1. The Labute approximate surface area is 143 Å². The second-order valence-electron chi connectivity index (χ2n) is 4.99. The summed E-state index contributed by atoms with van der Waals surface area (Å²) in [5.74, 6) is 0.566. The van der Waals surface area contributed by atoms with Gasteiger partial charge in [0.1, 0.15) is 17.3 Å². The smallest absolute Gasteiger partial charge is 0.266 e. The average molecular weight is 362 g/mol. The standard InChI is InChI=1S/C15H12ClN5O2S/c1-11-18-19-15-6-5-14(10-20(11)15)24(22,23)21(8-7-17)13-4-2-3-12(16)9-13/h2-6,9-10H,8H2,1H3. The largest absolute Gasteiger partial charge is 0.285 e. The summed E-state index contributed by atoms with van der Waals surface area (Å²) in [5, 5.41) is 17.3. The van der Waals surface area contributed by atoms with Gasteiger partial charge < -0.3 is 0 Å². The third kappa shape index (κ3) is 2.79. The van der Waals surface area contributed by atoms with Crippen LogP contribution in [0, 0.1) is 18.3 Å². The highest BCUT2D eigenvalue weighted by molar-refractivity contribution is 7.92. The van der Waals surface area contributed by atoms with Crippen molar-refractivity contribution in [3.8, 4) is 6.07 Å². The second-order valence-corrected chi connectivity index (χ2v) is 7.29. The molecule has 2 heterocycles. The maximum Gasteiger partial charge on any atom is 0.266 e. The van der Waals surface area contributed by atoms with Gasteiger partial charge in [0.2, 0.25) is 0 Å². The molecule has 0 fully saturated rings. The van der Waals surface area contributed by atoms with E-state index in [1.54, 1.807) is 35.6 Å². The molecule has 0 amide bonds. The number of benzene rings is 1. The van der Waals surface area contributed by atoms with Gasteiger partial charge >= 0.3 is 0 Å². The summed E-state index contributed by atoms with van der Waals surface area (Å²) >= 11 is 5.94. The molecule has 0 unspecified atom stereocenters. The van der Waals surface area contributed by atoms with Gasteiger partial charge in [-0.3, -0.25) is 8.71 Å². The lowest BCUT2D eigenvalue weighted by Crippen LogP contribution is -2.31. The van der Waals surface area contributed by atoms with Crippen LogP contribution in [-0.4, -0.2) is 29.6 Å². The molecule has 3 rings (SSSR count). The Morgan fingerprint density at radius 1 is 1.29 bits per heavy atom. The van der Waals surface area contributed by atoms with Crippen LogP contribution in [0.2, 0.25) is 5.02 Å². The van der Waals surface area contributed by atoms with Gasteiger partial charge in [-0.2, -0.15) is 5.26 Å². The van der Waals surface area contributed by atoms with Gasteiger partial charge in [-0.25, -0.2) is 8.42 Å². The minimum atomic E-state index is -3.94. The first-order valence-electron chi connectivity index (χ1n) is 6.90. The van der Waals surface area contributed by atoms with Gasteiger partial charge in [0.05, 0.1) is 11.8 Å². The molecule has 0 aliphatic carbocycles. The maximum absolute atomic E-state index is 13.0. The van der Waals surface area contributed by atoms with Crippen LogP contribution in [-0.2, 0) is 10.0 Å². The number of aryl methyl sites for hydroxylation is 1. The Bertz CT molecular complexity index is 1060. The van der Waals surface area contributed by atoms with E-state index in [0.29, 0.717) is 22.2 Å². The molecule has 0 bridgehead atoms. The van der Waals surface area contributed by atoms with Gasteiger partial charge in [0, 0.05) is 11.2 Å². The van der Waals surface area contributed by atoms with Crippen molar-refractivity contribution < 1.29 is 8.42 Å². The van der Waals surface area contributed by atoms with Crippen molar-refractivity contribution in [2.75, 3.05) is 10.8 Å². The number of rotatable bonds is 4. The van der Waals surface area contributed by atoms with Crippen molar-refractivity contribution >= 4 is 33.0 Å². The van der Waals surface area contributed by atoms with Crippen LogP contribution in [0.25, 0.3) is 5.65 Å². The predicted molar refractivity (Wildman–Crippen MR) is 89.3 cm³/mol. The monoisotopic (exact) mass is 361 g/mol. The molecule has 3 aromatic rings. The quantitative estimate of drug-likeness (QED) is 0.665. The summed E-state index contributed by atoms with van der Waals surface area (Å²) in [5.41, 5.74) is 0.866. The zero-order valence-electron chi connectivity index (χ0n) is 12.6. The topological polar surface area (TPSA) is 91.4 Å². The molecule has 0 saturated heterocycles. The van der Waals surface area contributed by atoms with Crippen molar-refractivity contribution in [3.63, 3.8) is 0 Å². The van der Waals surface area contributed by atoms with Gasteiger partial charge in [-0.1, -0.05) is 17.7 Å². The number of sulfonamides is 1. The molecule has 122 valence electrons. The van der Waals surface area contributed by atoms with Crippen molar-refractivity contribution in [1.29, 1.82) is 5.26 Å². The van der Waals surface area contributed by atoms with Crippen LogP contribution in [0.5, 0.6) is 0 Å². The van der Waals surface area contributed by atoms with Crippen molar-refractivity contribution in [1.82, 2.24) is 14.6 Å². The third-order valence-corrected chi connectivity index (χ3v) is 5.44. The van der Waals surface area contributed by atoms with E-state index in [1.807, 2.05) is 6.07 Å².